The fourth-order valence-corrected chi connectivity index (χ4v) is 3.06. The van der Waals surface area contributed by atoms with Gasteiger partial charge in [-0.2, -0.15) is 5.10 Å². The molecule has 1 N–H and O–H groups in total. The van der Waals surface area contributed by atoms with Gasteiger partial charge in [0.15, 0.2) is 0 Å². The molecule has 2 unspecified atom stereocenters. The lowest BCUT2D eigenvalue weighted by Gasteiger charge is -2.07. The van der Waals surface area contributed by atoms with Gasteiger partial charge in [-0.3, -0.25) is 4.79 Å². The maximum absolute atomic E-state index is 12.2. The molecule has 3 rings (SSSR count). The average molecular weight is 306 g/mol. The van der Waals surface area contributed by atoms with Gasteiger partial charge < -0.3 is 0 Å². The van der Waals surface area contributed by atoms with Crippen LogP contribution in [0.5, 0.6) is 0 Å². The number of hydrogen-bond acceptors (Lipinski definition) is 2. The monoisotopic (exact) mass is 306 g/mol. The summed E-state index contributed by atoms with van der Waals surface area (Å²) in [7, 11) is 0. The predicted molar refractivity (Wildman–Crippen MR) is 93.6 cm³/mol. The molecule has 0 aliphatic heterocycles. The summed E-state index contributed by atoms with van der Waals surface area (Å²) in [6.07, 6.45) is 0.911. The number of benzene rings is 2. The summed E-state index contributed by atoms with van der Waals surface area (Å²) >= 11 is 0. The minimum absolute atomic E-state index is 0.0166. The van der Waals surface area contributed by atoms with E-state index in [1.807, 2.05) is 25.1 Å². The van der Waals surface area contributed by atoms with Crippen LogP contribution in [0.1, 0.15) is 41.5 Å². The highest BCUT2D eigenvalue weighted by molar-refractivity contribution is 6.00. The van der Waals surface area contributed by atoms with Crippen LogP contribution in [-0.4, -0.2) is 11.6 Å². The molecule has 0 heterocycles. The van der Waals surface area contributed by atoms with E-state index in [4.69, 9.17) is 0 Å². The molecular weight excluding hydrogens is 284 g/mol. The van der Waals surface area contributed by atoms with Crippen molar-refractivity contribution in [3.8, 4) is 0 Å². The van der Waals surface area contributed by atoms with Gasteiger partial charge in [0.05, 0.1) is 5.71 Å². The number of rotatable bonds is 4. The van der Waals surface area contributed by atoms with Crippen molar-refractivity contribution in [2.24, 2.45) is 11.0 Å². The van der Waals surface area contributed by atoms with Crippen molar-refractivity contribution in [2.45, 2.75) is 33.1 Å². The molecule has 3 nitrogen and oxygen atoms in total. The highest BCUT2D eigenvalue weighted by atomic mass is 16.2. The molecule has 23 heavy (non-hydrogen) atoms. The number of carbonyl (C=O) groups is 1. The molecule has 1 amide bonds. The fourth-order valence-electron chi connectivity index (χ4n) is 3.06. The molecule has 1 aliphatic carbocycles. The summed E-state index contributed by atoms with van der Waals surface area (Å²) in [5.74, 6) is 0.406. The summed E-state index contributed by atoms with van der Waals surface area (Å²) in [6.45, 7) is 6.07. The second-order valence-electron chi connectivity index (χ2n) is 6.35. The highest BCUT2D eigenvalue weighted by Gasteiger charge is 2.43. The van der Waals surface area contributed by atoms with E-state index in [1.54, 1.807) is 0 Å². The Balaban J connectivity index is 1.63. The van der Waals surface area contributed by atoms with Crippen molar-refractivity contribution in [2.75, 3.05) is 0 Å². The molecule has 0 spiro atoms. The first-order chi connectivity index (χ1) is 11.1. The van der Waals surface area contributed by atoms with Gasteiger partial charge >= 0.3 is 0 Å². The van der Waals surface area contributed by atoms with Gasteiger partial charge in [0, 0.05) is 11.5 Å². The molecule has 1 fully saturated rings. The zero-order valence-electron chi connectivity index (χ0n) is 13.8. The first-order valence-electron chi connectivity index (χ1n) is 8.03. The molecule has 1 saturated carbocycles. The summed E-state index contributed by atoms with van der Waals surface area (Å²) < 4.78 is 0. The third kappa shape index (κ3) is 3.50. The maximum Gasteiger partial charge on any atom is 0.243 e. The van der Waals surface area contributed by atoms with E-state index in [2.05, 4.69) is 54.7 Å². The molecule has 3 heteroatoms. The number of nitrogens with one attached hydrogen (secondary N) is 1. The number of carbonyl (C=O) groups excluding carboxylic acids is 1. The lowest BCUT2D eigenvalue weighted by Crippen LogP contribution is -2.21. The second-order valence-corrected chi connectivity index (χ2v) is 6.35. The van der Waals surface area contributed by atoms with Crippen LogP contribution in [0.25, 0.3) is 0 Å². The van der Waals surface area contributed by atoms with Gasteiger partial charge in [0.1, 0.15) is 0 Å². The largest absolute Gasteiger partial charge is 0.273 e. The zero-order chi connectivity index (χ0) is 16.4. The molecule has 2 atom stereocenters. The van der Waals surface area contributed by atoms with Gasteiger partial charge in [-0.25, -0.2) is 5.43 Å². The second kappa shape index (κ2) is 6.37. The van der Waals surface area contributed by atoms with Crippen LogP contribution in [0.2, 0.25) is 0 Å². The maximum atomic E-state index is 12.2. The average Bonchev–Trinajstić information content (AvgIpc) is 3.34. The topological polar surface area (TPSA) is 41.5 Å². The number of amides is 1. The molecule has 0 radical (unpaired) electrons. The third-order valence-electron chi connectivity index (χ3n) is 4.46. The molecular formula is C20H22N2O. The predicted octanol–water partition coefficient (Wildman–Crippen LogP) is 3.95. The summed E-state index contributed by atoms with van der Waals surface area (Å²) in [5, 5.41) is 4.29. The van der Waals surface area contributed by atoms with Crippen LogP contribution in [0, 0.1) is 19.8 Å². The molecule has 1 aliphatic rings. The molecule has 0 bridgehead atoms. The quantitative estimate of drug-likeness (QED) is 0.674. The summed E-state index contributed by atoms with van der Waals surface area (Å²) in [6, 6.07) is 16.5. The van der Waals surface area contributed by atoms with E-state index in [0.717, 1.165) is 17.7 Å². The van der Waals surface area contributed by atoms with E-state index in [-0.39, 0.29) is 11.8 Å². The van der Waals surface area contributed by atoms with Crippen molar-refractivity contribution in [3.63, 3.8) is 0 Å². The van der Waals surface area contributed by atoms with Crippen LogP contribution < -0.4 is 5.43 Å². The number of hydrogen-bond donors (Lipinski definition) is 1. The minimum atomic E-state index is 0.0166. The Morgan fingerprint density at radius 3 is 2.57 bits per heavy atom. The highest BCUT2D eigenvalue weighted by Crippen LogP contribution is 2.47. The molecule has 0 aromatic heterocycles. The lowest BCUT2D eigenvalue weighted by molar-refractivity contribution is -0.122. The summed E-state index contributed by atoms with van der Waals surface area (Å²) in [4.78, 5) is 12.2. The van der Waals surface area contributed by atoms with Gasteiger partial charge in [-0.1, -0.05) is 54.1 Å². The van der Waals surface area contributed by atoms with Gasteiger partial charge in [-0.05, 0) is 44.2 Å². The van der Waals surface area contributed by atoms with Crippen LogP contribution in [0.3, 0.4) is 0 Å². The van der Waals surface area contributed by atoms with Crippen molar-refractivity contribution in [1.82, 2.24) is 5.43 Å². The Bertz CT molecular complexity index is 749. The Morgan fingerprint density at radius 2 is 1.87 bits per heavy atom. The first kappa shape index (κ1) is 15.5. The van der Waals surface area contributed by atoms with Crippen molar-refractivity contribution in [3.05, 3.63) is 70.8 Å². The smallest absolute Gasteiger partial charge is 0.243 e. The SMILES string of the molecule is C/C(=N\NC(=O)C1CC1c1ccccc1)c1ccc(C)cc1C. The van der Waals surface area contributed by atoms with Crippen LogP contribution in [0.15, 0.2) is 53.6 Å². The Kier molecular flexibility index (Phi) is 4.28. The minimum Gasteiger partial charge on any atom is -0.273 e. The van der Waals surface area contributed by atoms with Gasteiger partial charge in [0.25, 0.3) is 0 Å². The standard InChI is InChI=1S/C20H22N2O/c1-13-9-10-17(14(2)11-13)15(3)21-22-20(23)19-12-18(19)16-7-5-4-6-8-16/h4-11,18-19H,12H2,1-3H3,(H,22,23)/b21-15+. The fraction of sp³-hybridized carbons (Fsp3) is 0.300. The number of nitrogens with zero attached hydrogens (tertiary/aromatic N) is 1. The van der Waals surface area contributed by atoms with E-state index >= 15 is 0 Å². The Hall–Kier alpha value is -2.42. The Morgan fingerprint density at radius 1 is 1.13 bits per heavy atom. The first-order valence-corrected chi connectivity index (χ1v) is 8.03. The number of aryl methyl sites for hydroxylation is 2. The van der Waals surface area contributed by atoms with E-state index in [1.165, 1.54) is 16.7 Å². The molecule has 0 saturated heterocycles. The number of hydrazone groups is 1. The molecule has 2 aromatic carbocycles. The van der Waals surface area contributed by atoms with Crippen molar-refractivity contribution >= 4 is 11.6 Å². The zero-order valence-corrected chi connectivity index (χ0v) is 13.8. The Labute approximate surface area is 137 Å². The lowest BCUT2D eigenvalue weighted by atomic mass is 10.0. The van der Waals surface area contributed by atoms with E-state index in [9.17, 15) is 4.79 Å². The van der Waals surface area contributed by atoms with Crippen molar-refractivity contribution in [1.29, 1.82) is 0 Å². The van der Waals surface area contributed by atoms with Crippen LogP contribution >= 0.6 is 0 Å². The van der Waals surface area contributed by atoms with Crippen LogP contribution in [0.4, 0.5) is 0 Å². The van der Waals surface area contributed by atoms with E-state index < -0.39 is 0 Å². The van der Waals surface area contributed by atoms with Crippen LogP contribution in [-0.2, 0) is 4.79 Å². The summed E-state index contributed by atoms with van der Waals surface area (Å²) in [5.41, 5.74) is 8.29. The molecule has 118 valence electrons. The van der Waals surface area contributed by atoms with E-state index in [0.29, 0.717) is 5.92 Å². The third-order valence-corrected chi connectivity index (χ3v) is 4.46. The van der Waals surface area contributed by atoms with Gasteiger partial charge in [0.2, 0.25) is 5.91 Å². The normalized spacial score (nSPS) is 20.2. The molecule has 2 aromatic rings. The van der Waals surface area contributed by atoms with Gasteiger partial charge in [-0.15, -0.1) is 0 Å². The van der Waals surface area contributed by atoms with Crippen molar-refractivity contribution < 1.29 is 4.79 Å².